The molecule has 0 saturated heterocycles. The Morgan fingerprint density at radius 1 is 0.515 bits per heavy atom. The first kappa shape index (κ1) is 36.2. The van der Waals surface area contributed by atoms with Gasteiger partial charge in [0, 0.05) is 35.2 Å². The number of amides is 11. The Labute approximate surface area is 192 Å². The summed E-state index contributed by atoms with van der Waals surface area (Å²) in [6.07, 6.45) is 0.510. The Morgan fingerprint density at radius 3 is 0.909 bits per heavy atom. The van der Waals surface area contributed by atoms with Crippen molar-refractivity contribution in [3.63, 3.8) is 0 Å². The van der Waals surface area contributed by atoms with Gasteiger partial charge in [-0.3, -0.25) is 4.79 Å². The summed E-state index contributed by atoms with van der Waals surface area (Å²) in [6, 6.07) is -1.64. The van der Waals surface area contributed by atoms with E-state index in [0.29, 0.717) is 6.41 Å². The van der Waals surface area contributed by atoms with Gasteiger partial charge in [-0.05, 0) is 0 Å². The highest BCUT2D eigenvalue weighted by atomic mass is 16.2. The number of hydrogen-bond donors (Lipinski definition) is 11. The molecule has 18 nitrogen and oxygen atoms in total. The van der Waals surface area contributed by atoms with Gasteiger partial charge in [-0.25, -0.2) is 24.0 Å². The summed E-state index contributed by atoms with van der Waals surface area (Å²) in [4.78, 5) is 61.9. The predicted molar refractivity (Wildman–Crippen MR) is 122 cm³/mol. The number of carbonyl (C=O) groups excluding carboxylic acids is 6. The molecule has 0 bridgehead atoms. The maximum absolute atomic E-state index is 10.5. The van der Waals surface area contributed by atoms with Crippen LogP contribution in [0.25, 0.3) is 5.73 Å². The van der Waals surface area contributed by atoms with Crippen LogP contribution in [0.2, 0.25) is 0 Å². The van der Waals surface area contributed by atoms with E-state index in [2.05, 4.69) is 58.5 Å². The molecule has 0 aromatic heterocycles. The lowest BCUT2D eigenvalue weighted by molar-refractivity contribution is -0.109. The maximum atomic E-state index is 10.5. The van der Waals surface area contributed by atoms with Crippen LogP contribution in [0, 0.1) is 0 Å². The van der Waals surface area contributed by atoms with Gasteiger partial charge < -0.3 is 64.2 Å². The van der Waals surface area contributed by atoms with Crippen LogP contribution in [-0.4, -0.2) is 98.9 Å². The molecule has 0 fully saturated rings. The predicted octanol–water partition coefficient (Wildman–Crippen LogP) is -3.11. The second-order valence-electron chi connectivity index (χ2n) is 4.63. The van der Waals surface area contributed by atoms with Crippen molar-refractivity contribution in [2.75, 3.05) is 62.3 Å². The molecular formula is C15H37N12O6-. The molecule has 0 aromatic rings. The third-order valence-electron chi connectivity index (χ3n) is 2.57. The first-order valence-electron chi connectivity index (χ1n) is 9.17. The standard InChI is InChI=1S/2C5H12N4O2.C4H9N3O2.CH4N/c2*1-6-4(10)8-3-9-5(11)7-2;1-5-4(9)7-2-6-3-8;1-2/h2*3H2,1-2H3,(H2,6,8,10)(H2,7,9,11);3H,2H2,1H3,(H,6,8)(H2,5,7,9);2H,1H3/q;;;-1. The molecule has 18 heteroatoms. The Bertz CT molecular complexity index is 483. The van der Waals surface area contributed by atoms with Crippen molar-refractivity contribution in [2.24, 2.45) is 0 Å². The quantitative estimate of drug-likeness (QED) is 0.102. The molecular weight excluding hydrogens is 444 g/mol. The lowest BCUT2D eigenvalue weighted by Gasteiger charge is -2.05. The summed E-state index contributed by atoms with van der Waals surface area (Å²) in [5.41, 5.74) is 5.75. The molecule has 0 heterocycles. The minimum absolute atomic E-state index is 0.110. The van der Waals surface area contributed by atoms with E-state index in [9.17, 15) is 28.8 Å². The maximum Gasteiger partial charge on any atom is 0.315 e. The smallest absolute Gasteiger partial charge is 0.315 e. The first-order valence-corrected chi connectivity index (χ1v) is 9.17. The molecule has 194 valence electrons. The molecule has 0 aliphatic rings. The largest absolute Gasteiger partial charge is 0.680 e. The summed E-state index contributed by atoms with van der Waals surface area (Å²) in [7, 11) is 8.73. The molecule has 0 radical (unpaired) electrons. The summed E-state index contributed by atoms with van der Waals surface area (Å²) in [5.74, 6) is 0. The Morgan fingerprint density at radius 2 is 0.727 bits per heavy atom. The van der Waals surface area contributed by atoms with Crippen molar-refractivity contribution in [1.82, 2.24) is 58.5 Å². The second-order valence-corrected chi connectivity index (χ2v) is 4.63. The number of carbonyl (C=O) groups is 6. The van der Waals surface area contributed by atoms with Crippen LogP contribution in [0.3, 0.4) is 0 Å². The first-order chi connectivity index (χ1) is 15.7. The molecule has 11 amide bonds. The highest BCUT2D eigenvalue weighted by Gasteiger charge is 1.96. The van der Waals surface area contributed by atoms with E-state index in [1.165, 1.54) is 42.3 Å². The van der Waals surface area contributed by atoms with Gasteiger partial charge in [-0.1, -0.05) is 0 Å². The highest BCUT2D eigenvalue weighted by Crippen LogP contribution is 1.61. The van der Waals surface area contributed by atoms with Crippen LogP contribution >= 0.6 is 0 Å². The summed E-state index contributed by atoms with van der Waals surface area (Å²) < 4.78 is 0. The molecule has 0 saturated carbocycles. The molecule has 12 N–H and O–H groups in total. The van der Waals surface area contributed by atoms with E-state index in [1.807, 2.05) is 0 Å². The van der Waals surface area contributed by atoms with E-state index in [0.717, 1.165) is 0 Å². The van der Waals surface area contributed by atoms with Gasteiger partial charge in [0.05, 0.1) is 20.0 Å². The Kier molecular flexibility index (Phi) is 32.9. The SMILES string of the molecule is CNC(=O)NCNC(=O)NC.CNC(=O)NCNC(=O)NC.CNC(=O)NCNC=O.C[NH-]. The van der Waals surface area contributed by atoms with E-state index < -0.39 is 0 Å². The van der Waals surface area contributed by atoms with Gasteiger partial charge in [0.15, 0.2) is 0 Å². The van der Waals surface area contributed by atoms with Crippen molar-refractivity contribution in [2.45, 2.75) is 0 Å². The van der Waals surface area contributed by atoms with E-state index in [1.54, 1.807) is 0 Å². The third-order valence-corrected chi connectivity index (χ3v) is 2.57. The number of hydrogen-bond acceptors (Lipinski definition) is 6. The fourth-order valence-electron chi connectivity index (χ4n) is 1.02. The van der Waals surface area contributed by atoms with Crippen LogP contribution in [-0.2, 0) is 4.79 Å². The fraction of sp³-hybridized carbons (Fsp3) is 0.600. The fourth-order valence-corrected chi connectivity index (χ4v) is 1.02. The van der Waals surface area contributed by atoms with Crippen LogP contribution in [0.15, 0.2) is 0 Å². The summed E-state index contributed by atoms with van der Waals surface area (Å²) in [6.45, 7) is 0.377. The van der Waals surface area contributed by atoms with Gasteiger partial charge in [0.25, 0.3) is 0 Å². The van der Waals surface area contributed by atoms with Crippen LogP contribution in [0.5, 0.6) is 0 Å². The monoisotopic (exact) mass is 481 g/mol. The average Bonchev–Trinajstić information content (AvgIpc) is 2.85. The normalized spacial score (nSPS) is 7.73. The highest BCUT2D eigenvalue weighted by molar-refractivity contribution is 5.76. The van der Waals surface area contributed by atoms with Crippen molar-refractivity contribution in [3.05, 3.63) is 5.73 Å². The van der Waals surface area contributed by atoms with Gasteiger partial charge in [-0.15, -0.1) is 0 Å². The Hall–Kier alpha value is -4.22. The average molecular weight is 482 g/mol. The van der Waals surface area contributed by atoms with Gasteiger partial charge in [0.1, 0.15) is 0 Å². The molecule has 33 heavy (non-hydrogen) atoms. The van der Waals surface area contributed by atoms with Crippen molar-refractivity contribution in [1.29, 1.82) is 0 Å². The van der Waals surface area contributed by atoms with E-state index in [4.69, 9.17) is 5.73 Å². The van der Waals surface area contributed by atoms with Crippen LogP contribution in [0.4, 0.5) is 24.0 Å². The van der Waals surface area contributed by atoms with Gasteiger partial charge in [-0.2, -0.15) is 7.05 Å². The molecule has 0 atom stereocenters. The molecule has 0 unspecified atom stereocenters. The van der Waals surface area contributed by atoms with Crippen molar-refractivity contribution in [3.8, 4) is 0 Å². The van der Waals surface area contributed by atoms with Crippen molar-refractivity contribution >= 4 is 36.6 Å². The summed E-state index contributed by atoms with van der Waals surface area (Å²) in [5, 5.41) is 25.8. The molecule has 0 rings (SSSR count). The number of rotatable bonds is 7. The molecule has 0 aliphatic carbocycles. The van der Waals surface area contributed by atoms with Crippen LogP contribution in [0.1, 0.15) is 0 Å². The number of urea groups is 5. The summed E-state index contributed by atoms with van der Waals surface area (Å²) >= 11 is 0. The topological polar surface area (TPSA) is 259 Å². The lowest BCUT2D eigenvalue weighted by atomic mass is 10.8. The van der Waals surface area contributed by atoms with E-state index in [-0.39, 0.29) is 50.2 Å². The Balaban J connectivity index is -0.000000185. The number of nitrogens with one attached hydrogen (secondary N) is 12. The zero-order valence-corrected chi connectivity index (χ0v) is 19.6. The third kappa shape index (κ3) is 35.6. The second kappa shape index (κ2) is 30.0. The van der Waals surface area contributed by atoms with Gasteiger partial charge in [0.2, 0.25) is 6.41 Å². The van der Waals surface area contributed by atoms with Crippen LogP contribution < -0.4 is 58.5 Å². The lowest BCUT2D eigenvalue weighted by Crippen LogP contribution is -2.43. The van der Waals surface area contributed by atoms with Crippen molar-refractivity contribution < 1.29 is 28.8 Å². The minimum atomic E-state index is -0.332. The van der Waals surface area contributed by atoms with Gasteiger partial charge >= 0.3 is 30.2 Å². The van der Waals surface area contributed by atoms with E-state index >= 15 is 0 Å². The molecule has 0 aliphatic heterocycles. The molecule has 0 spiro atoms. The zero-order valence-electron chi connectivity index (χ0n) is 19.6. The minimum Gasteiger partial charge on any atom is -0.680 e. The zero-order chi connectivity index (χ0) is 26.5. The molecule has 0 aromatic carbocycles.